The van der Waals surface area contributed by atoms with Gasteiger partial charge >= 0.3 is 0 Å². The van der Waals surface area contributed by atoms with Gasteiger partial charge in [-0.25, -0.2) is 4.98 Å². The van der Waals surface area contributed by atoms with E-state index in [4.69, 9.17) is 9.15 Å². The van der Waals surface area contributed by atoms with Crippen molar-refractivity contribution in [2.75, 3.05) is 6.61 Å². The zero-order valence-electron chi connectivity index (χ0n) is 13.2. The monoisotopic (exact) mass is 301 g/mol. The highest BCUT2D eigenvalue weighted by atomic mass is 16.5. The van der Waals surface area contributed by atoms with E-state index < -0.39 is 0 Å². The second-order valence-electron chi connectivity index (χ2n) is 6.59. The number of nitrogens with zero attached hydrogens (tertiary/aromatic N) is 2. The molecule has 2 aliphatic rings. The minimum Gasteiger partial charge on any atom is -0.464 e. The SMILES string of the molecule is CC1CC1c1ccc(CN[C@H]2CCO[C@@H]2c2nccn2C)o1. The summed E-state index contributed by atoms with van der Waals surface area (Å²) in [6, 6.07) is 4.51. The third kappa shape index (κ3) is 2.59. The second kappa shape index (κ2) is 5.56. The first kappa shape index (κ1) is 14.0. The van der Waals surface area contributed by atoms with Crippen molar-refractivity contribution in [2.24, 2.45) is 13.0 Å². The van der Waals surface area contributed by atoms with Gasteiger partial charge in [-0.3, -0.25) is 0 Å². The average Bonchev–Trinajstić information content (AvgIpc) is 2.97. The molecule has 1 aliphatic carbocycles. The van der Waals surface area contributed by atoms with Gasteiger partial charge in [0.2, 0.25) is 0 Å². The lowest BCUT2D eigenvalue weighted by Crippen LogP contribution is -2.32. The van der Waals surface area contributed by atoms with Gasteiger partial charge in [-0.1, -0.05) is 6.92 Å². The van der Waals surface area contributed by atoms with Gasteiger partial charge in [-0.05, 0) is 30.9 Å². The lowest BCUT2D eigenvalue weighted by Gasteiger charge is -2.19. The molecular weight excluding hydrogens is 278 g/mol. The number of aryl methyl sites for hydroxylation is 1. The number of hydrogen-bond acceptors (Lipinski definition) is 4. The van der Waals surface area contributed by atoms with Gasteiger partial charge in [-0.2, -0.15) is 0 Å². The maximum atomic E-state index is 5.96. The van der Waals surface area contributed by atoms with E-state index in [1.54, 1.807) is 0 Å². The molecular formula is C17H23N3O2. The van der Waals surface area contributed by atoms with Crippen LogP contribution in [0.4, 0.5) is 0 Å². The Bertz CT molecular complexity index is 648. The number of furan rings is 1. The van der Waals surface area contributed by atoms with Gasteiger partial charge in [0.1, 0.15) is 23.4 Å². The summed E-state index contributed by atoms with van der Waals surface area (Å²) in [5.41, 5.74) is 0. The van der Waals surface area contributed by atoms with Crippen molar-refractivity contribution < 1.29 is 9.15 Å². The minimum atomic E-state index is 0.0258. The quantitative estimate of drug-likeness (QED) is 0.922. The first-order valence-corrected chi connectivity index (χ1v) is 8.13. The predicted octanol–water partition coefficient (Wildman–Crippen LogP) is 2.76. The van der Waals surface area contributed by atoms with Crippen LogP contribution in [0, 0.1) is 5.92 Å². The first-order chi connectivity index (χ1) is 10.7. The summed E-state index contributed by atoms with van der Waals surface area (Å²) in [5, 5.41) is 3.58. The van der Waals surface area contributed by atoms with E-state index in [1.807, 2.05) is 24.0 Å². The van der Waals surface area contributed by atoms with Crippen molar-refractivity contribution in [1.82, 2.24) is 14.9 Å². The molecule has 0 bridgehead atoms. The Labute approximate surface area is 130 Å². The Kier molecular flexibility index (Phi) is 3.54. The van der Waals surface area contributed by atoms with Crippen molar-refractivity contribution in [3.05, 3.63) is 41.9 Å². The average molecular weight is 301 g/mol. The van der Waals surface area contributed by atoms with E-state index >= 15 is 0 Å². The second-order valence-corrected chi connectivity index (χ2v) is 6.59. The number of ether oxygens (including phenoxy) is 1. The highest BCUT2D eigenvalue weighted by Crippen LogP contribution is 2.47. The van der Waals surface area contributed by atoms with Crippen LogP contribution in [-0.2, 0) is 18.3 Å². The smallest absolute Gasteiger partial charge is 0.139 e. The van der Waals surface area contributed by atoms with E-state index in [0.717, 1.165) is 42.8 Å². The van der Waals surface area contributed by atoms with Gasteiger partial charge in [0.25, 0.3) is 0 Å². The van der Waals surface area contributed by atoms with Crippen molar-refractivity contribution >= 4 is 0 Å². The number of hydrogen-bond donors (Lipinski definition) is 1. The summed E-state index contributed by atoms with van der Waals surface area (Å²) in [6.07, 6.45) is 6.08. The fraction of sp³-hybridized carbons (Fsp3) is 0.588. The maximum Gasteiger partial charge on any atom is 0.139 e. The predicted molar refractivity (Wildman–Crippen MR) is 82.4 cm³/mol. The van der Waals surface area contributed by atoms with Crippen LogP contribution in [0.1, 0.15) is 49.1 Å². The Morgan fingerprint density at radius 1 is 1.41 bits per heavy atom. The molecule has 2 aromatic rings. The molecule has 118 valence electrons. The van der Waals surface area contributed by atoms with Crippen LogP contribution < -0.4 is 5.32 Å². The molecule has 2 unspecified atom stereocenters. The normalized spacial score (nSPS) is 30.8. The largest absolute Gasteiger partial charge is 0.464 e. The minimum absolute atomic E-state index is 0.0258. The fourth-order valence-corrected chi connectivity index (χ4v) is 3.34. The fourth-order valence-electron chi connectivity index (χ4n) is 3.34. The van der Waals surface area contributed by atoms with E-state index in [9.17, 15) is 0 Å². The molecule has 5 nitrogen and oxygen atoms in total. The highest BCUT2D eigenvalue weighted by Gasteiger charge is 2.37. The summed E-state index contributed by atoms with van der Waals surface area (Å²) in [6.45, 7) is 3.80. The lowest BCUT2D eigenvalue weighted by atomic mass is 10.1. The van der Waals surface area contributed by atoms with E-state index in [0.29, 0.717) is 5.92 Å². The third-order valence-corrected chi connectivity index (χ3v) is 4.90. The summed E-state index contributed by atoms with van der Waals surface area (Å²) >= 11 is 0. The van der Waals surface area contributed by atoms with Crippen LogP contribution in [0.5, 0.6) is 0 Å². The topological polar surface area (TPSA) is 52.2 Å². The molecule has 0 radical (unpaired) electrons. The molecule has 3 heterocycles. The van der Waals surface area contributed by atoms with Gasteiger partial charge in [0.05, 0.1) is 6.54 Å². The Morgan fingerprint density at radius 2 is 2.27 bits per heavy atom. The molecule has 22 heavy (non-hydrogen) atoms. The third-order valence-electron chi connectivity index (χ3n) is 4.90. The summed E-state index contributed by atoms with van der Waals surface area (Å²) in [5.74, 6) is 4.57. The van der Waals surface area contributed by atoms with Crippen molar-refractivity contribution in [3.63, 3.8) is 0 Å². The van der Waals surface area contributed by atoms with Crippen LogP contribution in [-0.4, -0.2) is 22.2 Å². The Morgan fingerprint density at radius 3 is 3.00 bits per heavy atom. The molecule has 1 saturated carbocycles. The molecule has 1 saturated heterocycles. The molecule has 0 aromatic carbocycles. The Hall–Kier alpha value is -1.59. The molecule has 1 N–H and O–H groups in total. The lowest BCUT2D eigenvalue weighted by molar-refractivity contribution is 0.0889. The van der Waals surface area contributed by atoms with Gasteiger partial charge in [0, 0.05) is 38.0 Å². The summed E-state index contributed by atoms with van der Waals surface area (Å²) in [7, 11) is 2.01. The molecule has 1 aliphatic heterocycles. The zero-order chi connectivity index (χ0) is 15.1. The molecule has 5 heteroatoms. The molecule has 0 spiro atoms. The van der Waals surface area contributed by atoms with Gasteiger partial charge < -0.3 is 19.0 Å². The molecule has 2 fully saturated rings. The van der Waals surface area contributed by atoms with Gasteiger partial charge in [0.15, 0.2) is 0 Å². The molecule has 2 aromatic heterocycles. The van der Waals surface area contributed by atoms with E-state index in [2.05, 4.69) is 29.4 Å². The van der Waals surface area contributed by atoms with Crippen LogP contribution in [0.2, 0.25) is 0 Å². The summed E-state index contributed by atoms with van der Waals surface area (Å²) in [4.78, 5) is 4.42. The van der Waals surface area contributed by atoms with Crippen molar-refractivity contribution in [3.8, 4) is 0 Å². The number of rotatable bonds is 5. The van der Waals surface area contributed by atoms with Crippen LogP contribution >= 0.6 is 0 Å². The molecule has 0 amide bonds. The van der Waals surface area contributed by atoms with Crippen LogP contribution in [0.15, 0.2) is 28.9 Å². The first-order valence-electron chi connectivity index (χ1n) is 8.13. The maximum absolute atomic E-state index is 5.96. The number of aromatic nitrogens is 2. The summed E-state index contributed by atoms with van der Waals surface area (Å²) < 4.78 is 13.9. The molecule has 4 atom stereocenters. The Balaban J connectivity index is 1.38. The van der Waals surface area contributed by atoms with Crippen LogP contribution in [0.25, 0.3) is 0 Å². The van der Waals surface area contributed by atoms with E-state index in [-0.39, 0.29) is 12.1 Å². The van der Waals surface area contributed by atoms with Gasteiger partial charge in [-0.15, -0.1) is 0 Å². The standard InChI is InChI=1S/C17H23N3O2/c1-11-9-13(11)15-4-3-12(22-15)10-19-14-5-8-21-16(14)17-18-6-7-20(17)2/h3-4,6-7,11,13-14,16,19H,5,8-10H2,1-2H3/t11?,13?,14-,16-/m0/s1. The highest BCUT2D eigenvalue weighted by molar-refractivity contribution is 5.17. The zero-order valence-corrected chi connectivity index (χ0v) is 13.2. The van der Waals surface area contributed by atoms with Crippen LogP contribution in [0.3, 0.4) is 0 Å². The van der Waals surface area contributed by atoms with E-state index in [1.165, 1.54) is 6.42 Å². The number of imidazole rings is 1. The van der Waals surface area contributed by atoms with Crippen molar-refractivity contribution in [2.45, 2.75) is 44.4 Å². The molecule has 4 rings (SSSR count). The number of nitrogens with one attached hydrogen (secondary N) is 1. The van der Waals surface area contributed by atoms with Crippen molar-refractivity contribution in [1.29, 1.82) is 0 Å².